The van der Waals surface area contributed by atoms with Gasteiger partial charge in [-0.1, -0.05) is 0 Å². The first-order valence-electron chi connectivity index (χ1n) is 5.81. The Balaban J connectivity index is 2.49. The molecule has 112 valence electrons. The van der Waals surface area contributed by atoms with Crippen LogP contribution >= 0.6 is 0 Å². The van der Waals surface area contributed by atoms with Crippen molar-refractivity contribution in [1.82, 2.24) is 14.6 Å². The first-order chi connectivity index (χ1) is 9.36. The van der Waals surface area contributed by atoms with Crippen LogP contribution in [0.3, 0.4) is 0 Å². The van der Waals surface area contributed by atoms with E-state index >= 15 is 0 Å². The molecule has 9 heteroatoms. The van der Waals surface area contributed by atoms with E-state index in [0.717, 1.165) is 4.31 Å². The van der Waals surface area contributed by atoms with Gasteiger partial charge in [-0.05, 0) is 12.1 Å². The predicted molar refractivity (Wildman–Crippen MR) is 75.3 cm³/mol. The summed E-state index contributed by atoms with van der Waals surface area (Å²) in [5.74, 6) is 0.112. The first kappa shape index (κ1) is 16.2. The Hall–Kier alpha value is -1.87. The third-order valence-electron chi connectivity index (χ3n) is 2.41. The number of amides is 2. The molecule has 0 aliphatic carbocycles. The summed E-state index contributed by atoms with van der Waals surface area (Å²) < 4.78 is 29.1. The first-order valence-corrected chi connectivity index (χ1v) is 7.42. The molecule has 20 heavy (non-hydrogen) atoms. The highest BCUT2D eigenvalue weighted by Crippen LogP contribution is 2.19. The summed E-state index contributed by atoms with van der Waals surface area (Å²) in [7, 11) is 0.995. The molecule has 0 aliphatic heterocycles. The van der Waals surface area contributed by atoms with Crippen molar-refractivity contribution in [3.8, 4) is 5.88 Å². The van der Waals surface area contributed by atoms with E-state index in [9.17, 15) is 13.2 Å². The molecule has 0 fully saturated rings. The minimum absolute atomic E-state index is 0.00885. The van der Waals surface area contributed by atoms with Crippen LogP contribution in [0.2, 0.25) is 0 Å². The molecule has 2 amide bonds. The summed E-state index contributed by atoms with van der Waals surface area (Å²) >= 11 is 0. The Morgan fingerprint density at radius 2 is 2.15 bits per heavy atom. The normalized spacial score (nSPS) is 11.2. The number of hydrogen-bond acceptors (Lipinski definition) is 5. The number of aromatic nitrogens is 1. The highest BCUT2D eigenvalue weighted by molar-refractivity contribution is 7.89. The molecular formula is C11H18N4O4S. The SMILES string of the molecule is COc1ncccc1NC(=O)NCCS(=O)(=O)N(C)C. The number of pyridine rings is 1. The fourth-order valence-electron chi connectivity index (χ4n) is 1.29. The third kappa shape index (κ3) is 4.67. The Bertz CT molecular complexity index is 559. The molecule has 0 bridgehead atoms. The van der Waals surface area contributed by atoms with E-state index in [1.165, 1.54) is 27.4 Å². The molecule has 1 rings (SSSR count). The van der Waals surface area contributed by atoms with Gasteiger partial charge in [0.2, 0.25) is 15.9 Å². The average Bonchev–Trinajstić information content (AvgIpc) is 2.39. The number of rotatable bonds is 6. The minimum atomic E-state index is -3.33. The van der Waals surface area contributed by atoms with Crippen molar-refractivity contribution >= 4 is 21.7 Å². The van der Waals surface area contributed by atoms with E-state index in [1.54, 1.807) is 12.1 Å². The maximum atomic E-state index is 11.6. The number of nitrogens with one attached hydrogen (secondary N) is 2. The summed E-state index contributed by atoms with van der Waals surface area (Å²) in [6, 6.07) is 2.75. The van der Waals surface area contributed by atoms with Gasteiger partial charge in [-0.15, -0.1) is 0 Å². The van der Waals surface area contributed by atoms with Crippen LogP contribution in [0.15, 0.2) is 18.3 Å². The summed E-state index contributed by atoms with van der Waals surface area (Å²) in [6.45, 7) is 0.00885. The molecular weight excluding hydrogens is 284 g/mol. The van der Waals surface area contributed by atoms with Gasteiger partial charge in [0.05, 0.1) is 12.9 Å². The van der Waals surface area contributed by atoms with Crippen molar-refractivity contribution in [3.05, 3.63) is 18.3 Å². The molecule has 1 aromatic rings. The van der Waals surface area contributed by atoms with Crippen LogP contribution in [0.4, 0.5) is 10.5 Å². The van der Waals surface area contributed by atoms with Gasteiger partial charge in [0, 0.05) is 26.8 Å². The second kappa shape index (κ2) is 7.06. The molecule has 0 saturated heterocycles. The number of sulfonamides is 1. The van der Waals surface area contributed by atoms with Crippen LogP contribution in [0, 0.1) is 0 Å². The van der Waals surface area contributed by atoms with E-state index in [1.807, 2.05) is 0 Å². The number of carbonyl (C=O) groups is 1. The van der Waals surface area contributed by atoms with Crippen LogP contribution in [-0.4, -0.2) is 57.2 Å². The predicted octanol–water partition coefficient (Wildman–Crippen LogP) is 0.103. The fourth-order valence-corrected chi connectivity index (χ4v) is 2.02. The molecule has 1 heterocycles. The minimum Gasteiger partial charge on any atom is -0.480 e. The van der Waals surface area contributed by atoms with Gasteiger partial charge in [0.15, 0.2) is 0 Å². The van der Waals surface area contributed by atoms with Gasteiger partial charge in [-0.2, -0.15) is 0 Å². The quantitative estimate of drug-likeness (QED) is 0.776. The molecule has 1 aromatic heterocycles. The maximum absolute atomic E-state index is 11.6. The van der Waals surface area contributed by atoms with E-state index < -0.39 is 16.1 Å². The van der Waals surface area contributed by atoms with E-state index in [-0.39, 0.29) is 18.2 Å². The zero-order valence-electron chi connectivity index (χ0n) is 11.6. The van der Waals surface area contributed by atoms with Gasteiger partial charge in [-0.3, -0.25) is 0 Å². The lowest BCUT2D eigenvalue weighted by Gasteiger charge is -2.12. The highest BCUT2D eigenvalue weighted by atomic mass is 32.2. The maximum Gasteiger partial charge on any atom is 0.319 e. The van der Waals surface area contributed by atoms with Crippen LogP contribution < -0.4 is 15.4 Å². The molecule has 0 spiro atoms. The van der Waals surface area contributed by atoms with Crippen LogP contribution in [-0.2, 0) is 10.0 Å². The molecule has 0 saturated carbocycles. The van der Waals surface area contributed by atoms with Gasteiger partial charge >= 0.3 is 6.03 Å². The number of anilines is 1. The molecule has 2 N–H and O–H groups in total. The van der Waals surface area contributed by atoms with Crippen molar-refractivity contribution < 1.29 is 17.9 Å². The Morgan fingerprint density at radius 3 is 2.75 bits per heavy atom. The summed E-state index contributed by atoms with van der Waals surface area (Å²) in [5, 5.41) is 4.99. The molecule has 8 nitrogen and oxygen atoms in total. The van der Waals surface area contributed by atoms with Gasteiger partial charge < -0.3 is 15.4 Å². The van der Waals surface area contributed by atoms with Crippen molar-refractivity contribution in [3.63, 3.8) is 0 Å². The van der Waals surface area contributed by atoms with Crippen LogP contribution in [0.1, 0.15) is 0 Å². The summed E-state index contributed by atoms with van der Waals surface area (Å²) in [4.78, 5) is 15.5. The number of hydrogen-bond donors (Lipinski definition) is 2. The average molecular weight is 302 g/mol. The zero-order chi connectivity index (χ0) is 15.2. The van der Waals surface area contributed by atoms with Crippen molar-refractivity contribution in [1.29, 1.82) is 0 Å². The molecule has 0 atom stereocenters. The molecule has 0 aliphatic rings. The van der Waals surface area contributed by atoms with Crippen molar-refractivity contribution in [2.45, 2.75) is 0 Å². The standard InChI is InChI=1S/C11H18N4O4S/c1-15(2)20(17,18)8-7-13-11(16)14-9-5-4-6-12-10(9)19-3/h4-6H,7-8H2,1-3H3,(H2,13,14,16). The number of carbonyl (C=O) groups excluding carboxylic acids is 1. The number of urea groups is 1. The fraction of sp³-hybridized carbons (Fsp3) is 0.455. The second-order valence-corrected chi connectivity index (χ2v) is 6.34. The molecule has 0 aromatic carbocycles. The van der Waals surface area contributed by atoms with E-state index in [0.29, 0.717) is 5.69 Å². The summed E-state index contributed by atoms with van der Waals surface area (Å²) in [5.41, 5.74) is 0.406. The van der Waals surface area contributed by atoms with Crippen LogP contribution in [0.5, 0.6) is 5.88 Å². The van der Waals surface area contributed by atoms with E-state index in [4.69, 9.17) is 4.74 Å². The van der Waals surface area contributed by atoms with Crippen molar-refractivity contribution in [2.24, 2.45) is 0 Å². The monoisotopic (exact) mass is 302 g/mol. The van der Waals surface area contributed by atoms with Gasteiger partial charge in [-0.25, -0.2) is 22.5 Å². The van der Waals surface area contributed by atoms with Crippen LogP contribution in [0.25, 0.3) is 0 Å². The highest BCUT2D eigenvalue weighted by Gasteiger charge is 2.14. The lowest BCUT2D eigenvalue weighted by molar-refractivity contribution is 0.252. The number of ether oxygens (including phenoxy) is 1. The third-order valence-corrected chi connectivity index (χ3v) is 4.25. The van der Waals surface area contributed by atoms with E-state index in [2.05, 4.69) is 15.6 Å². The number of methoxy groups -OCH3 is 1. The number of nitrogens with zero attached hydrogens (tertiary/aromatic N) is 2. The Labute approximate surface area is 118 Å². The molecule has 0 radical (unpaired) electrons. The summed E-state index contributed by atoms with van der Waals surface area (Å²) in [6.07, 6.45) is 1.53. The lowest BCUT2D eigenvalue weighted by atomic mass is 10.4. The van der Waals surface area contributed by atoms with Gasteiger partial charge in [0.25, 0.3) is 0 Å². The molecule has 0 unspecified atom stereocenters. The Morgan fingerprint density at radius 1 is 1.45 bits per heavy atom. The van der Waals surface area contributed by atoms with Gasteiger partial charge in [0.1, 0.15) is 5.69 Å². The second-order valence-electron chi connectivity index (χ2n) is 4.04. The Kier molecular flexibility index (Phi) is 5.71. The smallest absolute Gasteiger partial charge is 0.319 e. The lowest BCUT2D eigenvalue weighted by Crippen LogP contribution is -2.36. The largest absolute Gasteiger partial charge is 0.480 e. The zero-order valence-corrected chi connectivity index (χ0v) is 12.4. The van der Waals surface area contributed by atoms with Crippen molar-refractivity contribution in [2.75, 3.05) is 38.8 Å². The topological polar surface area (TPSA) is 101 Å².